The predicted molar refractivity (Wildman–Crippen MR) is 65.9 cm³/mol. The highest BCUT2D eigenvalue weighted by Crippen LogP contribution is 2.39. The summed E-state index contributed by atoms with van der Waals surface area (Å²) in [5.41, 5.74) is 0.456. The van der Waals surface area contributed by atoms with Gasteiger partial charge < -0.3 is 0 Å². The van der Waals surface area contributed by atoms with E-state index < -0.39 is 5.54 Å². The molecule has 2 rings (SSSR count). The van der Waals surface area contributed by atoms with Crippen LogP contribution in [0.2, 0.25) is 0 Å². The summed E-state index contributed by atoms with van der Waals surface area (Å²) in [7, 11) is 0. The Morgan fingerprint density at radius 1 is 1.50 bits per heavy atom. The number of rotatable bonds is 2. The third-order valence-electron chi connectivity index (χ3n) is 2.76. The summed E-state index contributed by atoms with van der Waals surface area (Å²) < 4.78 is 0. The van der Waals surface area contributed by atoms with Crippen LogP contribution >= 0.6 is 11.8 Å². The molecular weight excluding hydrogens is 216 g/mol. The first-order valence-electron chi connectivity index (χ1n) is 5.14. The molecule has 0 saturated carbocycles. The summed E-state index contributed by atoms with van der Waals surface area (Å²) in [5, 5.41) is 12.6. The lowest BCUT2D eigenvalue weighted by molar-refractivity contribution is 0.428. The van der Waals surface area contributed by atoms with Gasteiger partial charge in [0.25, 0.3) is 0 Å². The average molecular weight is 228 g/mol. The van der Waals surface area contributed by atoms with Gasteiger partial charge in [0.15, 0.2) is 0 Å². The van der Waals surface area contributed by atoms with Crippen molar-refractivity contribution in [1.29, 1.82) is 5.26 Å². The van der Waals surface area contributed by atoms with E-state index in [1.807, 2.05) is 18.2 Å². The Balaban J connectivity index is 2.43. The molecule has 0 bridgehead atoms. The van der Waals surface area contributed by atoms with E-state index in [0.717, 1.165) is 17.7 Å². The zero-order valence-electron chi connectivity index (χ0n) is 8.86. The van der Waals surface area contributed by atoms with Crippen LogP contribution in [0.15, 0.2) is 29.2 Å². The Morgan fingerprint density at radius 3 is 3.06 bits per heavy atom. The Hall–Kier alpha value is -1.42. The third-order valence-corrected chi connectivity index (χ3v) is 3.84. The van der Waals surface area contributed by atoms with Gasteiger partial charge in [-0.1, -0.05) is 24.1 Å². The van der Waals surface area contributed by atoms with Crippen molar-refractivity contribution in [1.82, 2.24) is 5.32 Å². The van der Waals surface area contributed by atoms with E-state index in [9.17, 15) is 5.26 Å². The number of nitrogens with one attached hydrogen (secondary N) is 1. The molecule has 1 unspecified atom stereocenters. The van der Waals surface area contributed by atoms with Crippen LogP contribution < -0.4 is 5.32 Å². The van der Waals surface area contributed by atoms with Gasteiger partial charge >= 0.3 is 0 Å². The van der Waals surface area contributed by atoms with E-state index in [-0.39, 0.29) is 0 Å². The van der Waals surface area contributed by atoms with Crippen LogP contribution in [0.25, 0.3) is 0 Å². The molecule has 0 amide bonds. The monoisotopic (exact) mass is 228 g/mol. The number of hydrogen-bond donors (Lipinski definition) is 1. The van der Waals surface area contributed by atoms with Gasteiger partial charge in [-0.2, -0.15) is 5.26 Å². The summed E-state index contributed by atoms with van der Waals surface area (Å²) in [5.74, 6) is 3.48. The fraction of sp³-hybridized carbons (Fsp3) is 0.308. The molecule has 0 spiro atoms. The molecule has 1 aromatic carbocycles. The van der Waals surface area contributed by atoms with Crippen LogP contribution in [0.4, 0.5) is 0 Å². The van der Waals surface area contributed by atoms with Crippen LogP contribution in [-0.4, -0.2) is 12.3 Å². The van der Waals surface area contributed by atoms with Crippen LogP contribution in [-0.2, 0) is 5.54 Å². The van der Waals surface area contributed by atoms with Gasteiger partial charge in [-0.15, -0.1) is 18.2 Å². The van der Waals surface area contributed by atoms with Gasteiger partial charge in [0.1, 0.15) is 5.54 Å². The summed E-state index contributed by atoms with van der Waals surface area (Å²) in [6.45, 7) is 0.423. The summed E-state index contributed by atoms with van der Waals surface area (Å²) in [6.07, 6.45) is 6.05. The lowest BCUT2D eigenvalue weighted by Crippen LogP contribution is -2.43. The maximum absolute atomic E-state index is 9.42. The summed E-state index contributed by atoms with van der Waals surface area (Å²) >= 11 is 1.80. The van der Waals surface area contributed by atoms with Gasteiger partial charge in [0.2, 0.25) is 0 Å². The van der Waals surface area contributed by atoms with Crippen LogP contribution in [0.3, 0.4) is 0 Å². The third kappa shape index (κ3) is 1.80. The lowest BCUT2D eigenvalue weighted by atomic mass is 9.88. The van der Waals surface area contributed by atoms with Crippen LogP contribution in [0.1, 0.15) is 12.0 Å². The number of nitrogens with zero attached hydrogens (tertiary/aromatic N) is 1. The van der Waals surface area contributed by atoms with Crippen molar-refractivity contribution in [2.75, 3.05) is 12.3 Å². The van der Waals surface area contributed by atoms with E-state index in [0.29, 0.717) is 6.54 Å². The minimum absolute atomic E-state index is 0.423. The van der Waals surface area contributed by atoms with E-state index in [2.05, 4.69) is 23.4 Å². The number of terminal acetylenes is 1. The van der Waals surface area contributed by atoms with Gasteiger partial charge in [-0.3, -0.25) is 5.32 Å². The van der Waals surface area contributed by atoms with Crippen LogP contribution in [0, 0.1) is 23.7 Å². The molecule has 1 N–H and O–H groups in total. The Bertz CT molecular complexity index is 470. The summed E-state index contributed by atoms with van der Waals surface area (Å²) in [6, 6.07) is 10.4. The number of hydrogen-bond acceptors (Lipinski definition) is 3. The quantitative estimate of drug-likeness (QED) is 0.788. The fourth-order valence-electron chi connectivity index (χ4n) is 1.94. The fourth-order valence-corrected chi connectivity index (χ4v) is 3.14. The molecule has 0 radical (unpaired) electrons. The van der Waals surface area contributed by atoms with Gasteiger partial charge in [-0.25, -0.2) is 0 Å². The number of thioether (sulfide) groups is 1. The predicted octanol–water partition coefficient (Wildman–Crippen LogP) is 2.12. The Kier molecular flexibility index (Phi) is 3.19. The second-order valence-electron chi connectivity index (χ2n) is 3.67. The molecule has 0 aromatic heterocycles. The maximum atomic E-state index is 9.42. The molecule has 1 aromatic rings. The average Bonchev–Trinajstić information content (AvgIpc) is 2.36. The zero-order chi connectivity index (χ0) is 11.4. The smallest absolute Gasteiger partial charge is 0.134 e. The molecule has 0 aliphatic carbocycles. The molecule has 1 heterocycles. The van der Waals surface area contributed by atoms with E-state index in [1.54, 1.807) is 11.8 Å². The molecule has 3 heteroatoms. The zero-order valence-corrected chi connectivity index (χ0v) is 9.68. The van der Waals surface area contributed by atoms with E-state index >= 15 is 0 Å². The molecule has 0 fully saturated rings. The molecule has 16 heavy (non-hydrogen) atoms. The van der Waals surface area contributed by atoms with Gasteiger partial charge in [0.05, 0.1) is 12.6 Å². The largest absolute Gasteiger partial charge is 0.285 e. The molecule has 0 saturated heterocycles. The molecule has 1 aliphatic heterocycles. The first-order valence-corrected chi connectivity index (χ1v) is 6.13. The number of fused-ring (bicyclic) bond motifs is 1. The second-order valence-corrected chi connectivity index (χ2v) is 4.81. The highest BCUT2D eigenvalue weighted by Gasteiger charge is 2.36. The van der Waals surface area contributed by atoms with Crippen LogP contribution in [0.5, 0.6) is 0 Å². The van der Waals surface area contributed by atoms with Crippen molar-refractivity contribution in [3.05, 3.63) is 29.8 Å². The molecule has 1 aliphatic rings. The molecule has 1 atom stereocenters. The van der Waals surface area contributed by atoms with Crippen molar-refractivity contribution in [2.24, 2.45) is 0 Å². The van der Waals surface area contributed by atoms with Crippen molar-refractivity contribution >= 4 is 11.8 Å². The second kappa shape index (κ2) is 4.61. The minimum Gasteiger partial charge on any atom is -0.285 e. The summed E-state index contributed by atoms with van der Waals surface area (Å²) in [4.78, 5) is 1.18. The minimum atomic E-state index is -0.603. The first-order chi connectivity index (χ1) is 7.82. The number of benzene rings is 1. The van der Waals surface area contributed by atoms with Gasteiger partial charge in [-0.05, 0) is 12.5 Å². The Morgan fingerprint density at radius 2 is 2.31 bits per heavy atom. The topological polar surface area (TPSA) is 35.8 Å². The molecule has 2 nitrogen and oxygen atoms in total. The standard InChI is InChI=1S/C13H12N2S/c1-2-8-15-13(10-14)7-9-16-12-6-4-3-5-11(12)13/h1,3-6,15H,7-9H2. The Labute approximate surface area is 100 Å². The normalized spacial score (nSPS) is 22.9. The molecule has 80 valence electrons. The maximum Gasteiger partial charge on any atom is 0.134 e. The lowest BCUT2D eigenvalue weighted by Gasteiger charge is -2.33. The highest BCUT2D eigenvalue weighted by molar-refractivity contribution is 7.99. The SMILES string of the molecule is C#CCNC1(C#N)CCSc2ccccc21. The van der Waals surface area contributed by atoms with Crippen molar-refractivity contribution in [3.8, 4) is 18.4 Å². The number of nitriles is 1. The van der Waals surface area contributed by atoms with Crippen molar-refractivity contribution < 1.29 is 0 Å². The first kappa shape index (κ1) is 11.1. The van der Waals surface area contributed by atoms with Crippen molar-refractivity contribution in [3.63, 3.8) is 0 Å². The van der Waals surface area contributed by atoms with Crippen molar-refractivity contribution in [2.45, 2.75) is 16.9 Å². The molecular formula is C13H12N2S. The van der Waals surface area contributed by atoms with E-state index in [4.69, 9.17) is 6.42 Å². The van der Waals surface area contributed by atoms with Gasteiger partial charge in [0, 0.05) is 16.2 Å². The van der Waals surface area contributed by atoms with E-state index in [1.165, 1.54) is 4.90 Å². The highest BCUT2D eigenvalue weighted by atomic mass is 32.2.